The number of nitrogens with one attached hydrogen (secondary N) is 1. The van der Waals surface area contributed by atoms with Gasteiger partial charge in [0.15, 0.2) is 0 Å². The summed E-state index contributed by atoms with van der Waals surface area (Å²) in [6, 6.07) is 9.33. The van der Waals surface area contributed by atoms with Gasteiger partial charge in [0.05, 0.1) is 11.5 Å². The molecule has 0 aromatic heterocycles. The highest BCUT2D eigenvalue weighted by molar-refractivity contribution is 7.73. The molecule has 0 aliphatic carbocycles. The average Bonchev–Trinajstić information content (AvgIpc) is 2.55. The van der Waals surface area contributed by atoms with Gasteiger partial charge in [-0.1, -0.05) is 30.3 Å². The quantitative estimate of drug-likeness (QED) is 0.486. The number of piperidine rings is 1. The van der Waals surface area contributed by atoms with Gasteiger partial charge in [-0.15, -0.1) is 0 Å². The van der Waals surface area contributed by atoms with Crippen molar-refractivity contribution >= 4 is 21.1 Å². The Morgan fingerprint density at radius 3 is 2.73 bits per heavy atom. The second kappa shape index (κ2) is 8.70. The Hall–Kier alpha value is -1.66. The van der Waals surface area contributed by atoms with Crippen LogP contribution < -0.4 is 5.32 Å². The molecule has 1 saturated heterocycles. The lowest BCUT2D eigenvalue weighted by Gasteiger charge is -2.22. The van der Waals surface area contributed by atoms with Crippen molar-refractivity contribution in [2.45, 2.75) is 38.1 Å². The summed E-state index contributed by atoms with van der Waals surface area (Å²) in [5.41, 5.74) is 1.26. The van der Waals surface area contributed by atoms with E-state index in [9.17, 15) is 13.2 Å². The Morgan fingerprint density at radius 1 is 1.23 bits per heavy atom. The van der Waals surface area contributed by atoms with Crippen molar-refractivity contribution in [1.82, 2.24) is 5.32 Å². The van der Waals surface area contributed by atoms with Crippen molar-refractivity contribution in [3.05, 3.63) is 35.9 Å². The molecule has 1 N–H and O–H groups in total. The lowest BCUT2D eigenvalue weighted by atomic mass is 10.1. The lowest BCUT2D eigenvalue weighted by molar-refractivity contribution is -0.144. The number of rotatable bonds is 6. The molecule has 0 spiro atoms. The van der Waals surface area contributed by atoms with Crippen molar-refractivity contribution < 1.29 is 17.9 Å². The maximum Gasteiger partial charge on any atom is 0.328 e. The van der Waals surface area contributed by atoms with E-state index in [1.54, 1.807) is 0 Å². The Kier molecular flexibility index (Phi) is 6.61. The molecule has 0 bridgehead atoms. The largest absolute Gasteiger partial charge is 0.464 e. The summed E-state index contributed by atoms with van der Waals surface area (Å²) in [5, 5.41) is 2.91. The van der Waals surface area contributed by atoms with Crippen LogP contribution in [-0.2, 0) is 26.2 Å². The zero-order valence-electron chi connectivity index (χ0n) is 12.5. The molecule has 0 saturated carbocycles. The van der Waals surface area contributed by atoms with Crippen LogP contribution in [0.5, 0.6) is 0 Å². The minimum atomic E-state index is -2.33. The van der Waals surface area contributed by atoms with Gasteiger partial charge in [-0.25, -0.2) is 4.79 Å². The zero-order chi connectivity index (χ0) is 15.8. The number of aryl methyl sites for hydroxylation is 1. The summed E-state index contributed by atoms with van der Waals surface area (Å²) in [6.45, 7) is 0.955. The van der Waals surface area contributed by atoms with Gasteiger partial charge >= 0.3 is 5.97 Å². The van der Waals surface area contributed by atoms with Gasteiger partial charge in [0.2, 0.25) is 10.3 Å². The van der Waals surface area contributed by atoms with Crippen LogP contribution in [0.3, 0.4) is 0 Å². The van der Waals surface area contributed by atoms with E-state index in [1.165, 1.54) is 5.56 Å². The van der Waals surface area contributed by atoms with Crippen LogP contribution in [-0.4, -0.2) is 38.4 Å². The molecule has 5 nitrogen and oxygen atoms in total. The summed E-state index contributed by atoms with van der Waals surface area (Å²) >= 11 is 0. The molecule has 0 unspecified atom stereocenters. The summed E-state index contributed by atoms with van der Waals surface area (Å²) in [6.07, 6.45) is 3.80. The average molecular weight is 323 g/mol. The molecule has 1 heterocycles. The van der Waals surface area contributed by atoms with Crippen LogP contribution in [0.25, 0.3) is 0 Å². The Bertz CT molecular complexity index is 617. The summed E-state index contributed by atoms with van der Waals surface area (Å²) in [5.74, 6) is -0.487. The van der Waals surface area contributed by atoms with Crippen molar-refractivity contribution in [3.63, 3.8) is 0 Å². The van der Waals surface area contributed by atoms with Crippen molar-refractivity contribution in [3.8, 4) is 0 Å². The van der Waals surface area contributed by atoms with Gasteiger partial charge < -0.3 is 10.1 Å². The third kappa shape index (κ3) is 4.96. The van der Waals surface area contributed by atoms with Gasteiger partial charge in [-0.2, -0.15) is 8.42 Å². The minimum absolute atomic E-state index is 0.209. The van der Waals surface area contributed by atoms with Crippen LogP contribution in [0.1, 0.15) is 31.2 Å². The molecule has 2 rings (SSSR count). The van der Waals surface area contributed by atoms with Crippen molar-refractivity contribution in [2.24, 2.45) is 0 Å². The fourth-order valence-electron chi connectivity index (χ4n) is 2.49. The zero-order valence-corrected chi connectivity index (χ0v) is 13.3. The highest BCUT2D eigenvalue weighted by Gasteiger charge is 2.29. The first-order valence-corrected chi connectivity index (χ1v) is 8.65. The second-order valence-corrected chi connectivity index (χ2v) is 6.30. The van der Waals surface area contributed by atoms with E-state index in [4.69, 9.17) is 4.74 Å². The van der Waals surface area contributed by atoms with Gasteiger partial charge in [0.1, 0.15) is 6.04 Å². The Balaban J connectivity index is 1.72. The summed E-state index contributed by atoms with van der Waals surface area (Å²) < 4.78 is 27.4. The fraction of sp³-hybridized carbons (Fsp3) is 0.500. The van der Waals surface area contributed by atoms with Crippen LogP contribution in [0.15, 0.2) is 30.3 Å². The van der Waals surface area contributed by atoms with Crippen molar-refractivity contribution in [1.29, 1.82) is 0 Å². The first-order valence-electron chi connectivity index (χ1n) is 7.57. The number of hydrogen-bond donors (Lipinski definition) is 1. The predicted octanol–water partition coefficient (Wildman–Crippen LogP) is 1.36. The summed E-state index contributed by atoms with van der Waals surface area (Å²) in [4.78, 5) is 12.2. The topological polar surface area (TPSA) is 72.5 Å². The fourth-order valence-corrected chi connectivity index (χ4v) is 3.18. The first kappa shape index (κ1) is 16.7. The first-order chi connectivity index (χ1) is 10.7. The Morgan fingerprint density at radius 2 is 2.00 bits per heavy atom. The van der Waals surface area contributed by atoms with Crippen LogP contribution in [0, 0.1) is 0 Å². The van der Waals surface area contributed by atoms with Crippen LogP contribution in [0.2, 0.25) is 0 Å². The number of hydrogen-bond acceptors (Lipinski definition) is 5. The van der Waals surface area contributed by atoms with Crippen LogP contribution >= 0.6 is 0 Å². The maximum atomic E-state index is 12.0. The number of carbonyl (C=O) groups excluding carboxylic acids is 1. The van der Waals surface area contributed by atoms with E-state index in [-0.39, 0.29) is 4.86 Å². The molecule has 22 heavy (non-hydrogen) atoms. The lowest BCUT2D eigenvalue weighted by Crippen LogP contribution is -2.48. The molecule has 0 radical (unpaired) electrons. The van der Waals surface area contributed by atoms with E-state index in [0.29, 0.717) is 19.6 Å². The monoisotopic (exact) mass is 323 g/mol. The number of esters is 1. The second-order valence-electron chi connectivity index (χ2n) is 5.30. The van der Waals surface area contributed by atoms with Gasteiger partial charge in [-0.05, 0) is 44.2 Å². The van der Waals surface area contributed by atoms with E-state index >= 15 is 0 Å². The molecular formula is C16H21NO4S. The van der Waals surface area contributed by atoms with Crippen molar-refractivity contribution in [2.75, 3.05) is 13.2 Å². The normalized spacial score (nSPS) is 18.0. The number of unbranched alkanes of at least 4 members (excludes halogenated alkanes) is 1. The number of carbonyl (C=O) groups is 1. The molecule has 1 aliphatic heterocycles. The molecule has 1 fully saturated rings. The maximum absolute atomic E-state index is 12.0. The Labute approximate surface area is 132 Å². The third-order valence-corrected chi connectivity index (χ3v) is 4.54. The number of benzene rings is 1. The molecule has 1 atom stereocenters. The predicted molar refractivity (Wildman–Crippen MR) is 85.3 cm³/mol. The molecule has 0 amide bonds. The standard InChI is InChI=1S/C16H21NO4S/c18-16(15-14(22(19)20)10-6-11-17-15)21-12-5-4-9-13-7-2-1-3-8-13/h1-3,7-8,15,17H,4-6,9-12H2/t15-/m1/s1. The smallest absolute Gasteiger partial charge is 0.328 e. The minimum Gasteiger partial charge on any atom is -0.464 e. The molecule has 1 aliphatic rings. The van der Waals surface area contributed by atoms with E-state index in [1.807, 2.05) is 18.2 Å². The van der Waals surface area contributed by atoms with Gasteiger partial charge in [0.25, 0.3) is 0 Å². The number of ether oxygens (including phenoxy) is 1. The SMILES string of the molecule is O=C(OCCCCc1ccccc1)[C@@H]1NCCCC1=S(=O)=O. The van der Waals surface area contributed by atoms with E-state index in [2.05, 4.69) is 17.4 Å². The van der Waals surface area contributed by atoms with Crippen LogP contribution in [0.4, 0.5) is 0 Å². The van der Waals surface area contributed by atoms with Gasteiger partial charge in [-0.3, -0.25) is 0 Å². The van der Waals surface area contributed by atoms with E-state index in [0.717, 1.165) is 25.7 Å². The van der Waals surface area contributed by atoms with E-state index < -0.39 is 22.3 Å². The molecule has 120 valence electrons. The highest BCUT2D eigenvalue weighted by Crippen LogP contribution is 2.08. The highest BCUT2D eigenvalue weighted by atomic mass is 32.2. The molecular weight excluding hydrogens is 302 g/mol. The third-order valence-electron chi connectivity index (χ3n) is 3.67. The van der Waals surface area contributed by atoms with Gasteiger partial charge in [0, 0.05) is 0 Å². The molecule has 6 heteroatoms. The molecule has 1 aromatic rings. The summed E-state index contributed by atoms with van der Waals surface area (Å²) in [7, 11) is -2.33. The molecule has 1 aromatic carbocycles.